The zero-order valence-corrected chi connectivity index (χ0v) is 17.5. The summed E-state index contributed by atoms with van der Waals surface area (Å²) in [6.07, 6.45) is 4.05. The van der Waals surface area contributed by atoms with E-state index in [0.717, 1.165) is 40.6 Å². The van der Waals surface area contributed by atoms with Gasteiger partial charge in [-0.25, -0.2) is 4.39 Å². The van der Waals surface area contributed by atoms with E-state index in [0.29, 0.717) is 30.3 Å². The molecule has 0 spiro atoms. The number of carbonyl (C=O) groups is 1. The lowest BCUT2D eigenvalue weighted by atomic mass is 10.0. The van der Waals surface area contributed by atoms with Crippen LogP contribution in [0.25, 0.3) is 11.0 Å². The fourth-order valence-corrected chi connectivity index (χ4v) is 4.58. The van der Waals surface area contributed by atoms with Gasteiger partial charge in [0, 0.05) is 29.4 Å². The lowest BCUT2D eigenvalue weighted by Gasteiger charge is -2.21. The molecule has 0 bridgehead atoms. The van der Waals surface area contributed by atoms with Crippen LogP contribution in [0.4, 0.5) is 4.39 Å². The van der Waals surface area contributed by atoms with Gasteiger partial charge in [-0.1, -0.05) is 12.1 Å². The third-order valence-electron chi connectivity index (χ3n) is 6.39. The van der Waals surface area contributed by atoms with Gasteiger partial charge in [-0.3, -0.25) is 9.78 Å². The Hall–Kier alpha value is -2.73. The summed E-state index contributed by atoms with van der Waals surface area (Å²) in [4.78, 5) is 17.5. The second-order valence-electron chi connectivity index (χ2n) is 8.37. The van der Waals surface area contributed by atoms with E-state index in [1.807, 2.05) is 43.7 Å². The number of amides is 1. The molecule has 1 fully saturated rings. The number of hydrogen-bond donors (Lipinski definition) is 1. The number of aromatic nitrogens is 2. The molecule has 5 rings (SSSR count). The number of nitrogens with zero attached hydrogens (tertiary/aromatic N) is 2. The summed E-state index contributed by atoms with van der Waals surface area (Å²) in [5, 5.41) is 2.88. The molecule has 2 aliphatic rings. The van der Waals surface area contributed by atoms with E-state index < -0.39 is 0 Å². The molecule has 1 unspecified atom stereocenters. The summed E-state index contributed by atoms with van der Waals surface area (Å²) in [7, 11) is 0. The summed E-state index contributed by atoms with van der Waals surface area (Å²) in [5.41, 5.74) is 5.78. The van der Waals surface area contributed by atoms with Gasteiger partial charge in [-0.05, 0) is 57.2 Å². The minimum absolute atomic E-state index is 0.0435. The van der Waals surface area contributed by atoms with Gasteiger partial charge in [0.05, 0.1) is 29.8 Å². The Morgan fingerprint density at radius 2 is 2.17 bits per heavy atom. The fraction of sp³-hybridized carbons (Fsp3) is 0.417. The number of rotatable bonds is 5. The van der Waals surface area contributed by atoms with Crippen LogP contribution in [0.5, 0.6) is 0 Å². The topological polar surface area (TPSA) is 56.2 Å². The number of hydrogen-bond acceptors (Lipinski definition) is 3. The van der Waals surface area contributed by atoms with Crippen molar-refractivity contribution in [3.8, 4) is 0 Å². The van der Waals surface area contributed by atoms with Crippen molar-refractivity contribution in [2.24, 2.45) is 0 Å². The number of pyridine rings is 1. The first-order valence-corrected chi connectivity index (χ1v) is 10.7. The van der Waals surface area contributed by atoms with Gasteiger partial charge >= 0.3 is 0 Å². The van der Waals surface area contributed by atoms with Crippen molar-refractivity contribution in [1.82, 2.24) is 14.9 Å². The highest BCUT2D eigenvalue weighted by molar-refractivity contribution is 5.99. The molecule has 1 aliphatic heterocycles. The van der Waals surface area contributed by atoms with Crippen molar-refractivity contribution in [3.05, 3.63) is 64.2 Å². The Kier molecular flexibility index (Phi) is 4.62. The van der Waals surface area contributed by atoms with E-state index in [4.69, 9.17) is 4.74 Å². The van der Waals surface area contributed by atoms with Crippen LogP contribution < -0.4 is 5.32 Å². The Morgan fingerprint density at radius 3 is 2.87 bits per heavy atom. The third kappa shape index (κ3) is 3.01. The Bertz CT molecular complexity index is 1150. The first kappa shape index (κ1) is 19.2. The summed E-state index contributed by atoms with van der Waals surface area (Å²) in [6.45, 7) is 6.80. The summed E-state index contributed by atoms with van der Waals surface area (Å²) in [5.74, 6) is 0.0899. The maximum Gasteiger partial charge on any atom is 0.268 e. The Balaban J connectivity index is 1.69. The van der Waals surface area contributed by atoms with Crippen molar-refractivity contribution in [2.75, 3.05) is 6.54 Å². The first-order chi connectivity index (χ1) is 14.5. The lowest BCUT2D eigenvalue weighted by molar-refractivity contribution is 0.0797. The molecule has 1 aromatic carbocycles. The predicted octanol–water partition coefficient (Wildman–Crippen LogP) is 5.00. The molecule has 1 amide bonds. The minimum Gasteiger partial charge on any atom is -0.369 e. The van der Waals surface area contributed by atoms with Crippen molar-refractivity contribution < 1.29 is 13.9 Å². The summed E-state index contributed by atoms with van der Waals surface area (Å²) >= 11 is 0. The van der Waals surface area contributed by atoms with Crippen LogP contribution in [-0.4, -0.2) is 22.0 Å². The second-order valence-corrected chi connectivity index (χ2v) is 8.37. The van der Waals surface area contributed by atoms with Crippen LogP contribution >= 0.6 is 0 Å². The molecule has 5 nitrogen and oxygen atoms in total. The molecule has 0 saturated heterocycles. The maximum absolute atomic E-state index is 15.1. The molecule has 2 atom stereocenters. The van der Waals surface area contributed by atoms with Crippen LogP contribution in [0.3, 0.4) is 0 Å². The van der Waals surface area contributed by atoms with Gasteiger partial charge in [0.2, 0.25) is 0 Å². The van der Waals surface area contributed by atoms with Crippen LogP contribution in [-0.2, 0) is 11.3 Å². The minimum atomic E-state index is -0.363. The average Bonchev–Trinajstić information content (AvgIpc) is 3.41. The van der Waals surface area contributed by atoms with Crippen molar-refractivity contribution in [2.45, 2.75) is 58.3 Å². The lowest BCUT2D eigenvalue weighted by Crippen LogP contribution is -2.27. The van der Waals surface area contributed by atoms with Crippen LogP contribution in [0.1, 0.15) is 84.4 Å². The zero-order chi connectivity index (χ0) is 21.0. The molecule has 2 aromatic heterocycles. The average molecular weight is 407 g/mol. The SMILES string of the molecule is CCNC(=O)c1cc2ncc3c(c2n1[C@@H](C)c1ccc(C2CC2)cc1F)COC3C. The summed E-state index contributed by atoms with van der Waals surface area (Å²) < 4.78 is 22.9. The van der Waals surface area contributed by atoms with E-state index in [2.05, 4.69) is 10.3 Å². The van der Waals surface area contributed by atoms with E-state index in [1.165, 1.54) is 0 Å². The van der Waals surface area contributed by atoms with Gasteiger partial charge in [0.15, 0.2) is 0 Å². The van der Waals surface area contributed by atoms with Crippen LogP contribution in [0.2, 0.25) is 0 Å². The monoisotopic (exact) mass is 407 g/mol. The highest BCUT2D eigenvalue weighted by Crippen LogP contribution is 2.42. The van der Waals surface area contributed by atoms with E-state index in [1.54, 1.807) is 12.1 Å². The maximum atomic E-state index is 15.1. The number of benzene rings is 1. The predicted molar refractivity (Wildman–Crippen MR) is 113 cm³/mol. The molecule has 6 heteroatoms. The third-order valence-corrected chi connectivity index (χ3v) is 6.39. The quantitative estimate of drug-likeness (QED) is 0.647. The van der Waals surface area contributed by atoms with Crippen molar-refractivity contribution in [3.63, 3.8) is 0 Å². The molecule has 30 heavy (non-hydrogen) atoms. The molecule has 1 N–H and O–H groups in total. The molecule has 3 heterocycles. The van der Waals surface area contributed by atoms with Crippen LogP contribution in [0.15, 0.2) is 30.5 Å². The van der Waals surface area contributed by atoms with Gasteiger partial charge in [0.1, 0.15) is 11.5 Å². The second kappa shape index (κ2) is 7.20. The molecular weight excluding hydrogens is 381 g/mol. The molecule has 0 radical (unpaired) electrons. The molecular formula is C24H26FN3O2. The van der Waals surface area contributed by atoms with Crippen molar-refractivity contribution in [1.29, 1.82) is 0 Å². The number of ether oxygens (including phenoxy) is 1. The van der Waals surface area contributed by atoms with E-state index in [-0.39, 0.29) is 23.9 Å². The number of carbonyl (C=O) groups excluding carboxylic acids is 1. The Morgan fingerprint density at radius 1 is 1.37 bits per heavy atom. The standard InChI is InChI=1S/C24H26FN3O2/c1-4-26-24(29)22-10-21-23(19-12-30-14(3)18(19)11-27-21)28(22)13(2)17-8-7-16(9-20(17)25)15-5-6-15/h7-11,13-15H,4-6,12H2,1-3H3,(H,26,29)/t13-,14?/m0/s1. The van der Waals surface area contributed by atoms with Gasteiger partial charge < -0.3 is 14.6 Å². The summed E-state index contributed by atoms with van der Waals surface area (Å²) in [6, 6.07) is 7.00. The molecule has 156 valence electrons. The smallest absolute Gasteiger partial charge is 0.268 e. The van der Waals surface area contributed by atoms with E-state index in [9.17, 15) is 4.79 Å². The number of fused-ring (bicyclic) bond motifs is 3. The zero-order valence-electron chi connectivity index (χ0n) is 17.5. The largest absolute Gasteiger partial charge is 0.369 e. The van der Waals surface area contributed by atoms with Crippen molar-refractivity contribution >= 4 is 16.9 Å². The number of nitrogens with one attached hydrogen (secondary N) is 1. The van der Waals surface area contributed by atoms with Gasteiger partial charge in [-0.15, -0.1) is 0 Å². The van der Waals surface area contributed by atoms with Gasteiger partial charge in [-0.2, -0.15) is 0 Å². The highest BCUT2D eigenvalue weighted by Gasteiger charge is 2.30. The van der Waals surface area contributed by atoms with Gasteiger partial charge in [0.25, 0.3) is 5.91 Å². The highest BCUT2D eigenvalue weighted by atomic mass is 19.1. The molecule has 1 saturated carbocycles. The fourth-order valence-electron chi connectivity index (χ4n) is 4.58. The molecule has 3 aromatic rings. The first-order valence-electron chi connectivity index (χ1n) is 10.7. The Labute approximate surface area is 175 Å². The molecule has 1 aliphatic carbocycles. The normalized spacial score (nSPS) is 19.1. The van der Waals surface area contributed by atoms with E-state index >= 15 is 4.39 Å². The van der Waals surface area contributed by atoms with Crippen LogP contribution in [0, 0.1) is 5.82 Å². The number of halogens is 1.